The van der Waals surface area contributed by atoms with Gasteiger partial charge in [-0.25, -0.2) is 9.97 Å². The fourth-order valence-electron chi connectivity index (χ4n) is 4.94. The second kappa shape index (κ2) is 19.8. The molecular weight excluding hydrogens is 697 g/mol. The second-order valence-electron chi connectivity index (χ2n) is 18.7. The average Bonchev–Trinajstić information content (AvgIpc) is 3.15. The van der Waals surface area contributed by atoms with Crippen LogP contribution in [0.25, 0.3) is 65.5 Å². The topological polar surface area (TPSA) is 77.3 Å². The molecule has 294 valence electrons. The van der Waals surface area contributed by atoms with Gasteiger partial charge in [0.25, 0.3) is 0 Å². The molecule has 4 aromatic carbocycles. The zero-order chi connectivity index (χ0) is 41.6. The van der Waals surface area contributed by atoms with Crippen LogP contribution in [0.5, 0.6) is 0 Å². The molecule has 0 aliphatic rings. The van der Waals surface area contributed by atoms with Crippen LogP contribution in [0.3, 0.4) is 0 Å². The molecule has 0 saturated carbocycles. The number of nitrogens with zero attached hydrogens (tertiary/aromatic N) is 6. The van der Waals surface area contributed by atoms with E-state index in [4.69, 9.17) is 0 Å². The Balaban J connectivity index is 0.000000162. The Morgan fingerprint density at radius 1 is 0.298 bits per heavy atom. The lowest BCUT2D eigenvalue weighted by molar-refractivity contribution is 0.469. The smallest absolute Gasteiger partial charge is 0.159 e. The summed E-state index contributed by atoms with van der Waals surface area (Å²) in [6.45, 7) is 26.2. The van der Waals surface area contributed by atoms with Crippen LogP contribution in [0.1, 0.15) is 83.1 Å². The van der Waals surface area contributed by atoms with Crippen LogP contribution >= 0.6 is 0 Å². The highest BCUT2D eigenvalue weighted by Crippen LogP contribution is 2.22. The molecule has 9 aromatic rings. The largest absolute Gasteiger partial charge is 0.254 e. The summed E-state index contributed by atoms with van der Waals surface area (Å²) < 4.78 is 0. The summed E-state index contributed by atoms with van der Waals surface area (Å²) in [6.07, 6.45) is 8.81. The van der Waals surface area contributed by atoms with Crippen LogP contribution in [-0.2, 0) is 0 Å². The molecular formula is C51H60N6. The summed E-state index contributed by atoms with van der Waals surface area (Å²) in [7, 11) is 0. The van der Waals surface area contributed by atoms with Crippen molar-refractivity contribution in [3.8, 4) is 0 Å². The van der Waals surface area contributed by atoms with Crippen molar-refractivity contribution < 1.29 is 0 Å². The van der Waals surface area contributed by atoms with Gasteiger partial charge in [0.2, 0.25) is 0 Å². The summed E-state index contributed by atoms with van der Waals surface area (Å²) >= 11 is 0. The van der Waals surface area contributed by atoms with Gasteiger partial charge in [0.15, 0.2) is 5.65 Å². The second-order valence-corrected chi connectivity index (χ2v) is 18.7. The first-order chi connectivity index (χ1) is 26.8. The third-order valence-electron chi connectivity index (χ3n) is 6.97. The Bertz CT molecular complexity index is 2180. The molecule has 0 bridgehead atoms. The van der Waals surface area contributed by atoms with E-state index < -0.39 is 0 Å². The molecule has 0 unspecified atom stereocenters. The van der Waals surface area contributed by atoms with Gasteiger partial charge in [0.05, 0.1) is 27.6 Å². The van der Waals surface area contributed by atoms with Crippen LogP contribution in [-0.4, -0.2) is 29.9 Å². The molecule has 0 aliphatic heterocycles. The van der Waals surface area contributed by atoms with Gasteiger partial charge < -0.3 is 0 Å². The van der Waals surface area contributed by atoms with E-state index in [1.165, 1.54) is 10.8 Å². The molecule has 6 nitrogen and oxygen atoms in total. The monoisotopic (exact) mass is 756 g/mol. The third-order valence-corrected chi connectivity index (χ3v) is 6.97. The lowest BCUT2D eigenvalue weighted by Gasteiger charge is -2.05. The minimum Gasteiger partial charge on any atom is -0.254 e. The van der Waals surface area contributed by atoms with Crippen molar-refractivity contribution in [2.75, 3.05) is 0 Å². The normalized spacial score (nSPS) is 11.2. The van der Waals surface area contributed by atoms with E-state index in [9.17, 15) is 0 Å². The fourth-order valence-corrected chi connectivity index (χ4v) is 4.94. The van der Waals surface area contributed by atoms with Gasteiger partial charge in [-0.3, -0.25) is 19.9 Å². The Kier molecular flexibility index (Phi) is 15.2. The number of para-hydroxylation sites is 1. The van der Waals surface area contributed by atoms with Crippen molar-refractivity contribution in [3.63, 3.8) is 0 Å². The number of benzene rings is 4. The van der Waals surface area contributed by atoms with Gasteiger partial charge in [-0.05, 0) is 75.5 Å². The van der Waals surface area contributed by atoms with E-state index in [-0.39, 0.29) is 0 Å². The van der Waals surface area contributed by atoms with Crippen molar-refractivity contribution in [3.05, 3.63) is 146 Å². The molecule has 0 atom stereocenters. The van der Waals surface area contributed by atoms with Gasteiger partial charge in [0, 0.05) is 52.5 Å². The molecule has 9 rings (SSSR count). The lowest BCUT2D eigenvalue weighted by Crippen LogP contribution is -1.93. The van der Waals surface area contributed by atoms with Gasteiger partial charge in [0.1, 0.15) is 0 Å². The van der Waals surface area contributed by atoms with Crippen LogP contribution < -0.4 is 0 Å². The van der Waals surface area contributed by atoms with Crippen LogP contribution in [0.15, 0.2) is 146 Å². The highest BCUT2D eigenvalue weighted by Gasteiger charge is 2.02. The van der Waals surface area contributed by atoms with Gasteiger partial charge in [-0.15, -0.1) is 0 Å². The minimum atomic E-state index is 0.500. The standard InChI is InChI=1S/3C12H8N2.3C5H12/c1-3-9-5-6-10-4-2-8-14-12(10)11(9)13-7-1;1-2-6-11-9(4-1)8-10-5-3-7-13-12(10)14-11;1-2-4-10-8-12-11(7-9(10)3-1)13-5-6-14-12;3*1-5(2,3)4/h3*1-8H;3*1-4H3. The summed E-state index contributed by atoms with van der Waals surface area (Å²) in [5, 5.41) is 6.94. The molecule has 0 aliphatic carbocycles. The maximum atomic E-state index is 4.47. The third kappa shape index (κ3) is 16.0. The minimum absolute atomic E-state index is 0.500. The van der Waals surface area contributed by atoms with Crippen LogP contribution in [0.4, 0.5) is 0 Å². The van der Waals surface area contributed by atoms with Crippen molar-refractivity contribution in [1.82, 2.24) is 29.9 Å². The van der Waals surface area contributed by atoms with E-state index in [0.29, 0.717) is 16.2 Å². The van der Waals surface area contributed by atoms with Gasteiger partial charge in [-0.2, -0.15) is 0 Å². The number of hydrogen-bond donors (Lipinski definition) is 0. The lowest BCUT2D eigenvalue weighted by atomic mass is 10.0. The van der Waals surface area contributed by atoms with E-state index >= 15 is 0 Å². The zero-order valence-corrected chi connectivity index (χ0v) is 36.0. The summed E-state index contributed by atoms with van der Waals surface area (Å²) in [5.41, 5.74) is 7.17. The predicted octanol–water partition coefficient (Wildman–Crippen LogP) is 14.5. The quantitative estimate of drug-likeness (QED) is 0.113. The first-order valence-corrected chi connectivity index (χ1v) is 19.6. The van der Waals surface area contributed by atoms with Gasteiger partial charge >= 0.3 is 0 Å². The highest BCUT2D eigenvalue weighted by atomic mass is 14.8. The van der Waals surface area contributed by atoms with E-state index in [0.717, 1.165) is 54.8 Å². The molecule has 0 saturated heterocycles. The number of rotatable bonds is 0. The van der Waals surface area contributed by atoms with Crippen molar-refractivity contribution in [2.45, 2.75) is 83.1 Å². The Labute approximate surface area is 339 Å². The SMILES string of the molecule is CC(C)(C)C.CC(C)(C)C.CC(C)(C)C.c1ccc2cc3nccnc3cc2c1.c1ccc2nc3ncccc3cc2c1.c1cnc2c(c1)ccc1cccnc12. The first kappa shape index (κ1) is 43.8. The Morgan fingerprint density at radius 2 is 0.667 bits per heavy atom. The average molecular weight is 757 g/mol. The molecule has 0 radical (unpaired) electrons. The number of fused-ring (bicyclic) bond motifs is 7. The van der Waals surface area contributed by atoms with E-state index in [1.54, 1.807) is 31.0 Å². The molecule has 5 aromatic heterocycles. The van der Waals surface area contributed by atoms with Gasteiger partial charge in [-0.1, -0.05) is 150 Å². The Hall–Kier alpha value is -5.88. The highest BCUT2D eigenvalue weighted by molar-refractivity contribution is 6.02. The van der Waals surface area contributed by atoms with E-state index in [1.807, 2.05) is 54.6 Å². The summed E-state index contributed by atoms with van der Waals surface area (Å²) in [6, 6.07) is 38.7. The number of hydrogen-bond acceptors (Lipinski definition) is 6. The summed E-state index contributed by atoms with van der Waals surface area (Å²) in [5.74, 6) is 0. The maximum absolute atomic E-state index is 4.47. The van der Waals surface area contributed by atoms with Crippen molar-refractivity contribution in [2.24, 2.45) is 16.2 Å². The fraction of sp³-hybridized carbons (Fsp3) is 0.294. The first-order valence-electron chi connectivity index (χ1n) is 19.6. The van der Waals surface area contributed by atoms with E-state index in [2.05, 4.69) is 174 Å². The zero-order valence-electron chi connectivity index (χ0n) is 36.0. The van der Waals surface area contributed by atoms with Crippen LogP contribution in [0.2, 0.25) is 0 Å². The number of aromatic nitrogens is 6. The molecule has 57 heavy (non-hydrogen) atoms. The molecule has 0 amide bonds. The summed E-state index contributed by atoms with van der Waals surface area (Å²) in [4.78, 5) is 25.9. The molecule has 0 fully saturated rings. The van der Waals surface area contributed by atoms with Crippen molar-refractivity contribution in [1.29, 1.82) is 0 Å². The molecule has 5 heterocycles. The maximum Gasteiger partial charge on any atom is 0.159 e. The number of pyridine rings is 4. The molecule has 0 N–H and O–H groups in total. The predicted molar refractivity (Wildman–Crippen MR) is 247 cm³/mol. The van der Waals surface area contributed by atoms with Crippen molar-refractivity contribution >= 4 is 65.5 Å². The molecule has 0 spiro atoms. The van der Waals surface area contributed by atoms with Crippen LogP contribution in [0, 0.1) is 16.2 Å². The molecule has 6 heteroatoms. The Morgan fingerprint density at radius 3 is 1.12 bits per heavy atom.